The Morgan fingerprint density at radius 2 is 1.71 bits per heavy atom. The van der Waals surface area contributed by atoms with E-state index in [1.54, 1.807) is 18.2 Å². The van der Waals surface area contributed by atoms with Gasteiger partial charge in [-0.15, -0.1) is 0 Å². The number of nitrogens with two attached hydrogens (primary N) is 1. The molecule has 5 N–H and O–H groups in total. The Kier molecular flexibility index (Phi) is 8.46. The van der Waals surface area contributed by atoms with E-state index in [4.69, 9.17) is 21.0 Å². The minimum atomic E-state index is -5.08. The largest absolute Gasteiger partial charge is 0.490 e. The first-order chi connectivity index (χ1) is 17.8. The van der Waals surface area contributed by atoms with Gasteiger partial charge in [-0.25, -0.2) is 13.8 Å². The van der Waals surface area contributed by atoms with E-state index in [9.17, 15) is 22.4 Å². The summed E-state index contributed by atoms with van der Waals surface area (Å²) < 4.78 is 49.3. The van der Waals surface area contributed by atoms with Crippen molar-refractivity contribution in [1.29, 1.82) is 5.41 Å². The van der Waals surface area contributed by atoms with E-state index in [0.717, 1.165) is 16.6 Å². The highest BCUT2D eigenvalue weighted by molar-refractivity contribution is 5.99. The molecule has 4 rings (SSSR count). The van der Waals surface area contributed by atoms with Crippen LogP contribution in [0.15, 0.2) is 73.1 Å². The Labute approximate surface area is 214 Å². The summed E-state index contributed by atoms with van der Waals surface area (Å²) in [7, 11) is 1.93. The number of amidine groups is 1. The quantitative estimate of drug-likeness (QED) is 0.132. The average molecular weight is 531 g/mol. The van der Waals surface area contributed by atoms with Gasteiger partial charge in [0.25, 0.3) is 5.91 Å². The van der Waals surface area contributed by atoms with Gasteiger partial charge in [0, 0.05) is 41.7 Å². The predicted molar refractivity (Wildman–Crippen MR) is 131 cm³/mol. The molecular weight excluding hydrogens is 506 g/mol. The van der Waals surface area contributed by atoms with Gasteiger partial charge in [-0.05, 0) is 41.5 Å². The van der Waals surface area contributed by atoms with E-state index in [1.165, 1.54) is 12.1 Å². The lowest BCUT2D eigenvalue weighted by molar-refractivity contribution is -0.671. The van der Waals surface area contributed by atoms with Gasteiger partial charge in [0.1, 0.15) is 24.4 Å². The number of alkyl halides is 3. The van der Waals surface area contributed by atoms with Crippen molar-refractivity contribution in [3.05, 3.63) is 101 Å². The second-order valence-corrected chi connectivity index (χ2v) is 8.29. The second kappa shape index (κ2) is 11.5. The summed E-state index contributed by atoms with van der Waals surface area (Å²) in [6.07, 6.45) is -1.24. The molecule has 0 spiro atoms. The molecule has 0 aliphatic heterocycles. The molecule has 2 aromatic heterocycles. The number of benzene rings is 2. The highest BCUT2D eigenvalue weighted by Gasteiger charge is 2.38. The zero-order valence-electron chi connectivity index (χ0n) is 20.1. The number of nitrogens with one attached hydrogen (secondary N) is 2. The first-order valence-corrected chi connectivity index (χ1v) is 11.1. The summed E-state index contributed by atoms with van der Waals surface area (Å²) in [6.45, 7) is 0.773. The number of carboxylic acids is 1. The van der Waals surface area contributed by atoms with E-state index in [2.05, 4.69) is 5.32 Å². The third-order valence-electron chi connectivity index (χ3n) is 5.42. The highest BCUT2D eigenvalue weighted by atomic mass is 19.4. The highest BCUT2D eigenvalue weighted by Crippen LogP contribution is 2.23. The molecule has 0 bridgehead atoms. The Morgan fingerprint density at radius 1 is 1.05 bits per heavy atom. The molecule has 0 atom stereocenters. The molecule has 0 saturated carbocycles. The predicted octanol–water partition coefficient (Wildman–Crippen LogP) is 3.50. The summed E-state index contributed by atoms with van der Waals surface area (Å²) in [5.74, 6) is -3.37. The van der Waals surface area contributed by atoms with E-state index in [-0.39, 0.29) is 17.6 Å². The van der Waals surface area contributed by atoms with Crippen LogP contribution in [-0.2, 0) is 24.9 Å². The topological polar surface area (TPSA) is 125 Å². The maximum atomic E-state index is 13.8. The van der Waals surface area contributed by atoms with Crippen LogP contribution in [0.25, 0.3) is 10.9 Å². The lowest BCUT2D eigenvalue weighted by Gasteiger charge is -2.12. The van der Waals surface area contributed by atoms with Crippen molar-refractivity contribution in [1.82, 2.24) is 9.88 Å². The fourth-order valence-corrected chi connectivity index (χ4v) is 3.54. The fraction of sp³-hybridized carbons (Fsp3) is 0.154. The smallest absolute Gasteiger partial charge is 0.475 e. The molecule has 8 nitrogen and oxygen atoms in total. The second-order valence-electron chi connectivity index (χ2n) is 8.29. The number of aliphatic carboxylic acids is 1. The number of aromatic nitrogens is 2. The van der Waals surface area contributed by atoms with E-state index in [0.29, 0.717) is 29.7 Å². The maximum Gasteiger partial charge on any atom is 0.490 e. The van der Waals surface area contributed by atoms with Crippen LogP contribution < -0.4 is 15.6 Å². The van der Waals surface area contributed by atoms with Crippen molar-refractivity contribution < 1.29 is 36.8 Å². The lowest BCUT2D eigenvalue weighted by atomic mass is 10.1. The van der Waals surface area contributed by atoms with Gasteiger partial charge >= 0.3 is 12.1 Å². The van der Waals surface area contributed by atoms with Gasteiger partial charge < -0.3 is 20.7 Å². The van der Waals surface area contributed by atoms with Gasteiger partial charge in [0.2, 0.25) is 0 Å². The van der Waals surface area contributed by atoms with Crippen LogP contribution in [-0.4, -0.2) is 33.6 Å². The standard InChI is InChI=1S/C24H22FN5O.C2HF3O2/c1-29-9-7-16(8-10-29)14-28-24(31)22-13-19-12-20(25)5-6-21(19)30(22)15-17-3-2-4-18(11-17)23(26)27;3-2(4,5)1(6)7/h2-13H,14-15H2,1H3,(H3-,26,27,28,31);(H,6,7)/p+1. The Hall–Kier alpha value is -4.74. The fourth-order valence-electron chi connectivity index (χ4n) is 3.54. The molecule has 0 aliphatic rings. The van der Waals surface area contributed by atoms with Crippen molar-refractivity contribution in [3.63, 3.8) is 0 Å². The third kappa shape index (κ3) is 7.15. The molecule has 1 amide bonds. The molecule has 2 aromatic carbocycles. The number of amides is 1. The van der Waals surface area contributed by atoms with Crippen LogP contribution in [0.3, 0.4) is 0 Å². The number of nitrogen functional groups attached to an aromatic ring is 1. The number of nitrogens with zero attached hydrogens (tertiary/aromatic N) is 2. The van der Waals surface area contributed by atoms with E-state index >= 15 is 0 Å². The van der Waals surface area contributed by atoms with Crippen molar-refractivity contribution in [2.24, 2.45) is 12.8 Å². The summed E-state index contributed by atoms with van der Waals surface area (Å²) in [4.78, 5) is 21.9. The SMILES string of the molecule is C[n+]1ccc(CNC(=O)c2cc3cc(F)ccc3n2Cc2cccc(C(=N)N)c2)cc1.O=C(O)C(F)(F)F. The van der Waals surface area contributed by atoms with Gasteiger partial charge in [-0.2, -0.15) is 13.2 Å². The number of carbonyl (C=O) groups is 2. The first-order valence-electron chi connectivity index (χ1n) is 11.1. The Morgan fingerprint density at radius 3 is 2.32 bits per heavy atom. The van der Waals surface area contributed by atoms with E-state index < -0.39 is 12.1 Å². The molecule has 2 heterocycles. The molecular formula is C26H24F4N5O3+. The maximum absolute atomic E-state index is 13.8. The number of pyridine rings is 1. The average Bonchev–Trinajstić information content (AvgIpc) is 3.20. The van der Waals surface area contributed by atoms with Crippen molar-refractivity contribution in [3.8, 4) is 0 Å². The van der Waals surface area contributed by atoms with Crippen LogP contribution in [0.5, 0.6) is 0 Å². The summed E-state index contributed by atoms with van der Waals surface area (Å²) in [5, 5.41) is 18.4. The number of carboxylic acid groups (broad SMARTS) is 1. The summed E-state index contributed by atoms with van der Waals surface area (Å²) in [6, 6.07) is 17.4. The zero-order valence-corrected chi connectivity index (χ0v) is 20.1. The van der Waals surface area contributed by atoms with Gasteiger partial charge in [0.15, 0.2) is 12.4 Å². The first kappa shape index (κ1) is 27.8. The lowest BCUT2D eigenvalue weighted by Crippen LogP contribution is -2.28. The normalized spacial score (nSPS) is 11.0. The molecule has 0 radical (unpaired) electrons. The number of fused-ring (bicyclic) bond motifs is 1. The number of hydrogen-bond donors (Lipinski definition) is 4. The van der Waals surface area contributed by atoms with Gasteiger partial charge in [-0.3, -0.25) is 10.2 Å². The molecule has 198 valence electrons. The monoisotopic (exact) mass is 530 g/mol. The van der Waals surface area contributed by atoms with E-state index in [1.807, 2.05) is 58.9 Å². The van der Waals surface area contributed by atoms with Crippen LogP contribution >= 0.6 is 0 Å². The number of rotatable bonds is 6. The minimum Gasteiger partial charge on any atom is -0.475 e. The molecule has 38 heavy (non-hydrogen) atoms. The molecule has 0 saturated heterocycles. The van der Waals surface area contributed by atoms with Crippen LogP contribution in [0.1, 0.15) is 27.2 Å². The van der Waals surface area contributed by atoms with Crippen molar-refractivity contribution >= 4 is 28.6 Å². The van der Waals surface area contributed by atoms with Crippen LogP contribution in [0, 0.1) is 11.2 Å². The van der Waals surface area contributed by atoms with Crippen molar-refractivity contribution in [2.75, 3.05) is 0 Å². The van der Waals surface area contributed by atoms with Gasteiger partial charge in [0.05, 0.1) is 0 Å². The number of carbonyl (C=O) groups excluding carboxylic acids is 1. The third-order valence-corrected chi connectivity index (χ3v) is 5.42. The zero-order chi connectivity index (χ0) is 28.0. The minimum absolute atomic E-state index is 0.0180. The molecule has 12 heteroatoms. The van der Waals surface area contributed by atoms with Crippen LogP contribution in [0.2, 0.25) is 0 Å². The Bertz CT molecular complexity index is 1480. The number of halogens is 4. The summed E-state index contributed by atoms with van der Waals surface area (Å²) in [5.41, 5.74) is 9.29. The molecule has 0 fully saturated rings. The molecule has 4 aromatic rings. The Balaban J connectivity index is 0.000000505. The van der Waals surface area contributed by atoms with Gasteiger partial charge in [-0.1, -0.05) is 18.2 Å². The number of hydrogen-bond acceptors (Lipinski definition) is 3. The molecule has 0 aliphatic carbocycles. The van der Waals surface area contributed by atoms with Crippen molar-refractivity contribution in [2.45, 2.75) is 19.3 Å². The summed E-state index contributed by atoms with van der Waals surface area (Å²) >= 11 is 0. The molecule has 0 unspecified atom stereocenters. The van der Waals surface area contributed by atoms with Crippen LogP contribution in [0.4, 0.5) is 17.6 Å². The number of aryl methyl sites for hydroxylation is 1.